The maximum atomic E-state index is 10.4. The zero-order valence-electron chi connectivity index (χ0n) is 16.3. The standard InChI is InChI=1S/C22H39NO2/c1-2-20-5-3-4-7-23(20)15-21(24)16-25-8-6-22-12-17-9-18(13-22)11-19(10-17)14-22/h17-21,24H,2-16H2,1H3. The van der Waals surface area contributed by atoms with Gasteiger partial charge in [-0.15, -0.1) is 0 Å². The third kappa shape index (κ3) is 4.25. The molecule has 4 saturated carbocycles. The van der Waals surface area contributed by atoms with E-state index < -0.39 is 0 Å². The Morgan fingerprint density at radius 1 is 1.08 bits per heavy atom. The van der Waals surface area contributed by atoms with Crippen LogP contribution in [0.3, 0.4) is 0 Å². The van der Waals surface area contributed by atoms with Crippen LogP contribution >= 0.6 is 0 Å². The minimum Gasteiger partial charge on any atom is -0.389 e. The maximum absolute atomic E-state index is 10.4. The lowest BCUT2D eigenvalue weighted by molar-refractivity contribution is -0.0748. The van der Waals surface area contributed by atoms with Gasteiger partial charge in [0.1, 0.15) is 0 Å². The Morgan fingerprint density at radius 2 is 1.76 bits per heavy atom. The average Bonchev–Trinajstić information content (AvgIpc) is 2.58. The average molecular weight is 350 g/mol. The largest absolute Gasteiger partial charge is 0.389 e. The van der Waals surface area contributed by atoms with E-state index in [0.29, 0.717) is 18.1 Å². The molecule has 1 N–H and O–H groups in total. The number of likely N-dealkylation sites (tertiary alicyclic amines) is 1. The molecule has 2 atom stereocenters. The summed E-state index contributed by atoms with van der Waals surface area (Å²) >= 11 is 0. The summed E-state index contributed by atoms with van der Waals surface area (Å²) in [6.07, 6.45) is 15.0. The van der Waals surface area contributed by atoms with Crippen molar-refractivity contribution in [2.75, 3.05) is 26.3 Å². The Bertz CT molecular complexity index is 402. The van der Waals surface area contributed by atoms with Gasteiger partial charge < -0.3 is 9.84 Å². The predicted molar refractivity (Wildman–Crippen MR) is 102 cm³/mol. The molecule has 1 heterocycles. The summed E-state index contributed by atoms with van der Waals surface area (Å²) in [5.74, 6) is 3.09. The summed E-state index contributed by atoms with van der Waals surface area (Å²) in [6, 6.07) is 0.676. The molecule has 3 nitrogen and oxygen atoms in total. The van der Waals surface area contributed by atoms with Crippen LogP contribution in [0.25, 0.3) is 0 Å². The van der Waals surface area contributed by atoms with Gasteiger partial charge in [0.15, 0.2) is 0 Å². The number of hydrogen-bond acceptors (Lipinski definition) is 3. The van der Waals surface area contributed by atoms with Crippen molar-refractivity contribution >= 4 is 0 Å². The molecule has 25 heavy (non-hydrogen) atoms. The second-order valence-corrected chi connectivity index (χ2v) is 9.95. The second-order valence-electron chi connectivity index (χ2n) is 9.95. The van der Waals surface area contributed by atoms with E-state index in [1.54, 1.807) is 0 Å². The van der Waals surface area contributed by atoms with Gasteiger partial charge in [-0.2, -0.15) is 0 Å². The van der Waals surface area contributed by atoms with Crippen LogP contribution in [-0.2, 0) is 4.74 Å². The van der Waals surface area contributed by atoms with Crippen molar-refractivity contribution in [3.63, 3.8) is 0 Å². The van der Waals surface area contributed by atoms with Gasteiger partial charge in [0.2, 0.25) is 0 Å². The van der Waals surface area contributed by atoms with E-state index in [0.717, 1.165) is 37.5 Å². The molecule has 5 fully saturated rings. The van der Waals surface area contributed by atoms with E-state index in [2.05, 4.69) is 11.8 Å². The SMILES string of the molecule is CCC1CCCCN1CC(O)COCCC12CC3CC(CC(C3)C1)C2. The van der Waals surface area contributed by atoms with Crippen LogP contribution in [0.5, 0.6) is 0 Å². The monoisotopic (exact) mass is 349 g/mol. The lowest BCUT2D eigenvalue weighted by Crippen LogP contribution is -2.46. The van der Waals surface area contributed by atoms with Crippen LogP contribution in [-0.4, -0.2) is 48.5 Å². The lowest BCUT2D eigenvalue weighted by Gasteiger charge is -2.57. The molecule has 0 aromatic carbocycles. The third-order valence-corrected chi connectivity index (χ3v) is 7.92. The molecule has 0 radical (unpaired) electrons. The molecular weight excluding hydrogens is 310 g/mol. The Labute approximate surface area is 154 Å². The highest BCUT2D eigenvalue weighted by Crippen LogP contribution is 2.61. The summed E-state index contributed by atoms with van der Waals surface area (Å²) in [6.45, 7) is 5.62. The lowest BCUT2D eigenvalue weighted by atomic mass is 9.49. The minimum absolute atomic E-state index is 0.316. The van der Waals surface area contributed by atoms with Gasteiger partial charge in [0.25, 0.3) is 0 Å². The van der Waals surface area contributed by atoms with Crippen LogP contribution < -0.4 is 0 Å². The van der Waals surface area contributed by atoms with Crippen molar-refractivity contribution in [1.29, 1.82) is 0 Å². The third-order valence-electron chi connectivity index (χ3n) is 7.92. The number of aliphatic hydroxyl groups is 1. The maximum Gasteiger partial charge on any atom is 0.0900 e. The fourth-order valence-corrected chi connectivity index (χ4v) is 7.19. The number of nitrogens with zero attached hydrogens (tertiary/aromatic N) is 1. The fourth-order valence-electron chi connectivity index (χ4n) is 7.19. The van der Waals surface area contributed by atoms with Crippen molar-refractivity contribution in [1.82, 2.24) is 4.90 Å². The molecule has 2 unspecified atom stereocenters. The van der Waals surface area contributed by atoms with Gasteiger partial charge in [0.05, 0.1) is 12.7 Å². The quantitative estimate of drug-likeness (QED) is 0.666. The first-order valence-electron chi connectivity index (χ1n) is 11.2. The molecule has 0 aromatic rings. The number of rotatable bonds is 8. The molecule has 0 amide bonds. The van der Waals surface area contributed by atoms with Crippen molar-refractivity contribution in [2.24, 2.45) is 23.2 Å². The molecule has 1 aliphatic heterocycles. The van der Waals surface area contributed by atoms with E-state index in [9.17, 15) is 5.11 Å². The summed E-state index contributed by atoms with van der Waals surface area (Å²) < 4.78 is 5.97. The first-order valence-corrected chi connectivity index (χ1v) is 11.2. The van der Waals surface area contributed by atoms with Crippen LogP contribution in [0.15, 0.2) is 0 Å². The molecule has 3 heteroatoms. The topological polar surface area (TPSA) is 32.7 Å². The highest BCUT2D eigenvalue weighted by atomic mass is 16.5. The molecule has 4 bridgehead atoms. The number of piperidine rings is 1. The van der Waals surface area contributed by atoms with Gasteiger partial charge in [-0.05, 0) is 93.9 Å². The number of β-amino-alcohol motifs (C(OH)–C–C–N with tert-alkyl or cyclic N) is 1. The normalized spacial score (nSPS) is 42.0. The molecule has 5 rings (SSSR count). The van der Waals surface area contributed by atoms with Crippen molar-refractivity contribution in [3.8, 4) is 0 Å². The van der Waals surface area contributed by atoms with Gasteiger partial charge in [-0.1, -0.05) is 13.3 Å². The van der Waals surface area contributed by atoms with Gasteiger partial charge in [0, 0.05) is 19.2 Å². The van der Waals surface area contributed by atoms with Crippen LogP contribution in [0, 0.1) is 23.2 Å². The predicted octanol–water partition coefficient (Wildman–Crippen LogP) is 4.23. The van der Waals surface area contributed by atoms with Crippen molar-refractivity contribution < 1.29 is 9.84 Å². The zero-order chi connectivity index (χ0) is 17.3. The molecule has 144 valence electrons. The summed E-state index contributed by atoms with van der Waals surface area (Å²) in [5, 5.41) is 10.4. The van der Waals surface area contributed by atoms with Crippen molar-refractivity contribution in [2.45, 2.75) is 89.7 Å². The highest BCUT2D eigenvalue weighted by Gasteiger charge is 2.50. The molecule has 0 aromatic heterocycles. The highest BCUT2D eigenvalue weighted by molar-refractivity contribution is 5.01. The Morgan fingerprint density at radius 3 is 2.40 bits per heavy atom. The van der Waals surface area contributed by atoms with E-state index in [4.69, 9.17) is 4.74 Å². The number of ether oxygens (including phenoxy) is 1. The summed E-state index contributed by atoms with van der Waals surface area (Å²) in [4.78, 5) is 2.50. The summed E-state index contributed by atoms with van der Waals surface area (Å²) in [7, 11) is 0. The van der Waals surface area contributed by atoms with Crippen LogP contribution in [0.4, 0.5) is 0 Å². The first kappa shape index (κ1) is 18.3. The van der Waals surface area contributed by atoms with Gasteiger partial charge >= 0.3 is 0 Å². The molecule has 4 aliphatic carbocycles. The van der Waals surface area contributed by atoms with Crippen LogP contribution in [0.2, 0.25) is 0 Å². The van der Waals surface area contributed by atoms with E-state index >= 15 is 0 Å². The van der Waals surface area contributed by atoms with Gasteiger partial charge in [-0.3, -0.25) is 4.90 Å². The fraction of sp³-hybridized carbons (Fsp3) is 1.00. The van der Waals surface area contributed by atoms with E-state index in [-0.39, 0.29) is 6.10 Å². The van der Waals surface area contributed by atoms with Gasteiger partial charge in [-0.25, -0.2) is 0 Å². The van der Waals surface area contributed by atoms with E-state index in [1.807, 2.05) is 0 Å². The molecule has 5 aliphatic rings. The molecule has 1 saturated heterocycles. The number of hydrogen-bond donors (Lipinski definition) is 1. The van der Waals surface area contributed by atoms with Crippen molar-refractivity contribution in [3.05, 3.63) is 0 Å². The molecule has 0 spiro atoms. The number of aliphatic hydroxyl groups excluding tert-OH is 1. The Balaban J connectivity index is 1.17. The smallest absolute Gasteiger partial charge is 0.0900 e. The van der Waals surface area contributed by atoms with Crippen LogP contribution in [0.1, 0.15) is 77.6 Å². The minimum atomic E-state index is -0.316. The Kier molecular flexibility index (Phi) is 5.74. The first-order chi connectivity index (χ1) is 12.2. The Hall–Kier alpha value is -0.120. The summed E-state index contributed by atoms with van der Waals surface area (Å²) in [5.41, 5.74) is 0.611. The second kappa shape index (κ2) is 7.86. The molecular formula is C22H39NO2. The van der Waals surface area contributed by atoms with E-state index in [1.165, 1.54) is 70.6 Å². The zero-order valence-corrected chi connectivity index (χ0v) is 16.3.